The van der Waals surface area contributed by atoms with Crippen molar-refractivity contribution >= 4 is 11.9 Å². The largest absolute Gasteiger partial charge is 0.466 e. The number of para-hydroxylation sites is 1. The zero-order valence-electron chi connectivity index (χ0n) is 12.8. The van der Waals surface area contributed by atoms with Gasteiger partial charge in [-0.1, -0.05) is 18.2 Å². The first kappa shape index (κ1) is 15.8. The van der Waals surface area contributed by atoms with Gasteiger partial charge in [0.2, 0.25) is 0 Å². The second-order valence-electron chi connectivity index (χ2n) is 4.69. The number of aromatic nitrogens is 2. The molecule has 1 heterocycles. The van der Waals surface area contributed by atoms with Crippen LogP contribution in [0.4, 0.5) is 0 Å². The molecule has 1 aromatic heterocycles. The number of methoxy groups -OCH3 is 1. The van der Waals surface area contributed by atoms with Gasteiger partial charge in [0.05, 0.1) is 31.5 Å². The molecule has 0 atom stereocenters. The van der Waals surface area contributed by atoms with Gasteiger partial charge in [0.1, 0.15) is 0 Å². The zero-order chi connectivity index (χ0) is 16.1. The standard InChI is InChI=1S/C16H18N2O4/c1-4-22-15(19)10-12-9-13(16(20)21-3)17-18(12)14-8-6-5-7-11(14)2/h5-9H,4,10H2,1-3H3. The van der Waals surface area contributed by atoms with Gasteiger partial charge in [-0.15, -0.1) is 0 Å². The summed E-state index contributed by atoms with van der Waals surface area (Å²) in [7, 11) is 1.29. The van der Waals surface area contributed by atoms with Gasteiger partial charge in [0.25, 0.3) is 0 Å². The molecule has 0 fully saturated rings. The van der Waals surface area contributed by atoms with Crippen LogP contribution in [0.1, 0.15) is 28.7 Å². The van der Waals surface area contributed by atoms with Gasteiger partial charge < -0.3 is 9.47 Å². The van der Waals surface area contributed by atoms with E-state index in [4.69, 9.17) is 9.47 Å². The molecule has 0 aliphatic rings. The number of aryl methyl sites for hydroxylation is 1. The van der Waals surface area contributed by atoms with Gasteiger partial charge in [-0.05, 0) is 31.5 Å². The molecule has 0 N–H and O–H groups in total. The van der Waals surface area contributed by atoms with Crippen LogP contribution < -0.4 is 0 Å². The van der Waals surface area contributed by atoms with Crippen LogP contribution in [0.15, 0.2) is 30.3 Å². The van der Waals surface area contributed by atoms with Crippen molar-refractivity contribution in [3.63, 3.8) is 0 Å². The molecule has 6 heteroatoms. The predicted molar refractivity (Wildman–Crippen MR) is 80.0 cm³/mol. The minimum absolute atomic E-state index is 0.0339. The topological polar surface area (TPSA) is 70.4 Å². The number of nitrogens with zero attached hydrogens (tertiary/aromatic N) is 2. The highest BCUT2D eigenvalue weighted by molar-refractivity contribution is 5.87. The van der Waals surface area contributed by atoms with Crippen molar-refractivity contribution in [3.8, 4) is 5.69 Å². The molecule has 0 saturated carbocycles. The van der Waals surface area contributed by atoms with Crippen LogP contribution in [-0.2, 0) is 20.7 Å². The summed E-state index contributed by atoms with van der Waals surface area (Å²) < 4.78 is 11.2. The van der Waals surface area contributed by atoms with E-state index in [1.807, 2.05) is 31.2 Å². The zero-order valence-corrected chi connectivity index (χ0v) is 12.8. The molecule has 2 rings (SSSR count). The lowest BCUT2D eigenvalue weighted by Gasteiger charge is -2.09. The maximum Gasteiger partial charge on any atom is 0.358 e. The van der Waals surface area contributed by atoms with Crippen molar-refractivity contribution in [1.82, 2.24) is 9.78 Å². The molecule has 2 aromatic rings. The maximum atomic E-state index is 11.8. The van der Waals surface area contributed by atoms with Crippen molar-refractivity contribution in [3.05, 3.63) is 47.3 Å². The van der Waals surface area contributed by atoms with Crippen molar-refractivity contribution < 1.29 is 19.1 Å². The van der Waals surface area contributed by atoms with Gasteiger partial charge in [-0.3, -0.25) is 4.79 Å². The third-order valence-corrected chi connectivity index (χ3v) is 3.15. The molecule has 0 radical (unpaired) electrons. The van der Waals surface area contributed by atoms with E-state index in [2.05, 4.69) is 5.10 Å². The average Bonchev–Trinajstić information content (AvgIpc) is 2.90. The molecule has 6 nitrogen and oxygen atoms in total. The third kappa shape index (κ3) is 3.33. The normalized spacial score (nSPS) is 10.3. The second-order valence-corrected chi connectivity index (χ2v) is 4.69. The highest BCUT2D eigenvalue weighted by Crippen LogP contribution is 2.18. The molecule has 116 valence electrons. The highest BCUT2D eigenvalue weighted by Gasteiger charge is 2.19. The Balaban J connectivity index is 2.46. The summed E-state index contributed by atoms with van der Waals surface area (Å²) in [6.07, 6.45) is 0.0339. The van der Waals surface area contributed by atoms with Crippen molar-refractivity contribution in [2.24, 2.45) is 0 Å². The molecule has 0 amide bonds. The lowest BCUT2D eigenvalue weighted by atomic mass is 10.2. The van der Waals surface area contributed by atoms with Crippen molar-refractivity contribution in [2.75, 3.05) is 13.7 Å². The average molecular weight is 302 g/mol. The number of hydrogen-bond donors (Lipinski definition) is 0. The SMILES string of the molecule is CCOC(=O)Cc1cc(C(=O)OC)nn1-c1ccccc1C. The number of ether oxygens (including phenoxy) is 2. The van der Waals surface area contributed by atoms with Crippen molar-refractivity contribution in [2.45, 2.75) is 20.3 Å². The number of rotatable bonds is 5. The van der Waals surface area contributed by atoms with E-state index in [-0.39, 0.29) is 18.1 Å². The van der Waals surface area contributed by atoms with Crippen molar-refractivity contribution in [1.29, 1.82) is 0 Å². The monoisotopic (exact) mass is 302 g/mol. The minimum Gasteiger partial charge on any atom is -0.466 e. The quantitative estimate of drug-likeness (QED) is 0.791. The fourth-order valence-corrected chi connectivity index (χ4v) is 2.12. The molecule has 0 saturated heterocycles. The van der Waals surface area contributed by atoms with Crippen LogP contribution in [0, 0.1) is 6.92 Å². The third-order valence-electron chi connectivity index (χ3n) is 3.15. The molecular formula is C16H18N2O4. The van der Waals surface area contributed by atoms with Crippen LogP contribution in [0.2, 0.25) is 0 Å². The van der Waals surface area contributed by atoms with E-state index in [1.54, 1.807) is 17.7 Å². The number of carbonyl (C=O) groups excluding carboxylic acids is 2. The smallest absolute Gasteiger partial charge is 0.358 e. The van der Waals surface area contributed by atoms with Gasteiger partial charge in [0, 0.05) is 0 Å². The highest BCUT2D eigenvalue weighted by atomic mass is 16.5. The Morgan fingerprint density at radius 3 is 2.64 bits per heavy atom. The Bertz CT molecular complexity index is 691. The van der Waals surface area contributed by atoms with Gasteiger partial charge >= 0.3 is 11.9 Å². The van der Waals surface area contributed by atoms with E-state index in [0.29, 0.717) is 12.3 Å². The maximum absolute atomic E-state index is 11.8. The fourth-order valence-electron chi connectivity index (χ4n) is 2.12. The first-order valence-electron chi connectivity index (χ1n) is 6.95. The van der Waals surface area contributed by atoms with Gasteiger partial charge in [-0.25, -0.2) is 9.48 Å². The van der Waals surface area contributed by atoms with E-state index < -0.39 is 5.97 Å². The molecular weight excluding hydrogens is 284 g/mol. The Kier molecular flexibility index (Phi) is 4.93. The summed E-state index contributed by atoms with van der Waals surface area (Å²) in [5.41, 5.74) is 2.52. The first-order valence-corrected chi connectivity index (χ1v) is 6.95. The van der Waals surface area contributed by atoms with Crippen LogP contribution in [0.5, 0.6) is 0 Å². The summed E-state index contributed by atoms with van der Waals surface area (Å²) in [5, 5.41) is 4.26. The molecule has 0 aliphatic heterocycles. The number of carbonyl (C=O) groups is 2. The second kappa shape index (κ2) is 6.89. The van der Waals surface area contributed by atoms with Crippen LogP contribution >= 0.6 is 0 Å². The molecule has 0 spiro atoms. The predicted octanol–water partition coefficient (Wildman–Crippen LogP) is 2.07. The number of benzene rings is 1. The Hall–Kier alpha value is -2.63. The lowest BCUT2D eigenvalue weighted by molar-refractivity contribution is -0.142. The van der Waals surface area contributed by atoms with E-state index >= 15 is 0 Å². The number of esters is 2. The summed E-state index contributed by atoms with van der Waals surface area (Å²) in [6, 6.07) is 9.14. The molecule has 1 aromatic carbocycles. The summed E-state index contributed by atoms with van der Waals surface area (Å²) >= 11 is 0. The Morgan fingerprint density at radius 1 is 1.27 bits per heavy atom. The molecule has 0 aliphatic carbocycles. The van der Waals surface area contributed by atoms with E-state index in [0.717, 1.165) is 11.3 Å². The van der Waals surface area contributed by atoms with Gasteiger partial charge in [0.15, 0.2) is 5.69 Å². The van der Waals surface area contributed by atoms with E-state index in [9.17, 15) is 9.59 Å². The van der Waals surface area contributed by atoms with Crippen LogP contribution in [0.3, 0.4) is 0 Å². The fraction of sp³-hybridized carbons (Fsp3) is 0.312. The minimum atomic E-state index is -0.544. The molecule has 0 unspecified atom stereocenters. The lowest BCUT2D eigenvalue weighted by Crippen LogP contribution is -2.12. The molecule has 0 bridgehead atoms. The number of hydrogen-bond acceptors (Lipinski definition) is 5. The Labute approximate surface area is 128 Å². The Morgan fingerprint density at radius 2 is 2.00 bits per heavy atom. The van der Waals surface area contributed by atoms with Crippen LogP contribution in [0.25, 0.3) is 5.69 Å². The van der Waals surface area contributed by atoms with Crippen LogP contribution in [-0.4, -0.2) is 35.4 Å². The first-order chi connectivity index (χ1) is 10.6. The summed E-state index contributed by atoms with van der Waals surface area (Å²) in [6.45, 7) is 3.99. The van der Waals surface area contributed by atoms with E-state index in [1.165, 1.54) is 7.11 Å². The summed E-state index contributed by atoms with van der Waals surface area (Å²) in [5.74, 6) is -0.911. The molecule has 22 heavy (non-hydrogen) atoms. The summed E-state index contributed by atoms with van der Waals surface area (Å²) in [4.78, 5) is 23.4. The van der Waals surface area contributed by atoms with Gasteiger partial charge in [-0.2, -0.15) is 5.10 Å².